The van der Waals surface area contributed by atoms with Gasteiger partial charge in [0.25, 0.3) is 0 Å². The van der Waals surface area contributed by atoms with Gasteiger partial charge in [-0.3, -0.25) is 0 Å². The summed E-state index contributed by atoms with van der Waals surface area (Å²) >= 11 is 5.43. The van der Waals surface area contributed by atoms with Gasteiger partial charge in [0.2, 0.25) is 5.22 Å². The lowest BCUT2D eigenvalue weighted by Gasteiger charge is -2.07. The highest BCUT2D eigenvalue weighted by Crippen LogP contribution is 2.33. The molecule has 1 aromatic heterocycles. The maximum absolute atomic E-state index is 13.1. The Hall–Kier alpha value is -1.56. The van der Waals surface area contributed by atoms with Gasteiger partial charge in [-0.1, -0.05) is 5.16 Å². The lowest BCUT2D eigenvalue weighted by Crippen LogP contribution is -2.05. The summed E-state index contributed by atoms with van der Waals surface area (Å²) in [5, 5.41) is 3.32. The fraction of sp³-hybridized carbons (Fsp3) is 0.100. The van der Waals surface area contributed by atoms with Crippen molar-refractivity contribution in [3.8, 4) is 11.3 Å². The molecule has 2 nitrogen and oxygen atoms in total. The molecular weight excluding hydrogens is 262 g/mol. The first-order valence-electron chi connectivity index (χ1n) is 4.36. The van der Waals surface area contributed by atoms with Gasteiger partial charge in [0, 0.05) is 11.6 Å². The van der Waals surface area contributed by atoms with E-state index in [1.807, 2.05) is 0 Å². The highest BCUT2D eigenvalue weighted by Gasteiger charge is 2.31. The average Bonchev–Trinajstić information content (AvgIpc) is 2.62. The smallest absolute Gasteiger partial charge is 0.344 e. The summed E-state index contributed by atoms with van der Waals surface area (Å²) in [4.78, 5) is 0. The fourth-order valence-electron chi connectivity index (χ4n) is 1.29. The van der Waals surface area contributed by atoms with E-state index in [2.05, 4.69) is 9.68 Å². The van der Waals surface area contributed by atoms with Crippen LogP contribution >= 0.6 is 11.6 Å². The number of halogens is 5. The molecule has 0 aliphatic rings. The second kappa shape index (κ2) is 4.03. The maximum Gasteiger partial charge on any atom is 0.416 e. The summed E-state index contributed by atoms with van der Waals surface area (Å²) in [6.45, 7) is 0. The van der Waals surface area contributed by atoms with E-state index in [1.165, 1.54) is 6.07 Å². The van der Waals surface area contributed by atoms with Crippen molar-refractivity contribution in [1.82, 2.24) is 5.16 Å². The van der Waals surface area contributed by atoms with E-state index in [0.29, 0.717) is 6.07 Å². The lowest BCUT2D eigenvalue weighted by atomic mass is 10.1. The van der Waals surface area contributed by atoms with Crippen molar-refractivity contribution in [2.24, 2.45) is 0 Å². The van der Waals surface area contributed by atoms with Gasteiger partial charge in [-0.05, 0) is 29.8 Å². The molecule has 0 bridgehead atoms. The number of rotatable bonds is 1. The van der Waals surface area contributed by atoms with Gasteiger partial charge < -0.3 is 4.52 Å². The monoisotopic (exact) mass is 265 g/mol. The van der Waals surface area contributed by atoms with Crippen LogP contribution in [0.1, 0.15) is 5.56 Å². The topological polar surface area (TPSA) is 26.0 Å². The minimum atomic E-state index is -4.62. The summed E-state index contributed by atoms with van der Waals surface area (Å²) in [6, 6.07) is 3.31. The lowest BCUT2D eigenvalue weighted by molar-refractivity contribution is -0.137. The minimum absolute atomic E-state index is 0.0417. The molecule has 0 aliphatic carbocycles. The van der Waals surface area contributed by atoms with Crippen LogP contribution < -0.4 is 0 Å². The van der Waals surface area contributed by atoms with E-state index in [4.69, 9.17) is 11.6 Å². The number of aromatic nitrogens is 1. The highest BCUT2D eigenvalue weighted by molar-refractivity contribution is 6.29. The Bertz CT molecular complexity index is 549. The largest absolute Gasteiger partial charge is 0.416 e. The van der Waals surface area contributed by atoms with Crippen molar-refractivity contribution in [2.75, 3.05) is 0 Å². The Morgan fingerprint density at radius 1 is 1.12 bits per heavy atom. The fourth-order valence-corrected chi connectivity index (χ4v) is 1.43. The average molecular weight is 266 g/mol. The van der Waals surface area contributed by atoms with Gasteiger partial charge in [0.1, 0.15) is 11.5 Å². The Morgan fingerprint density at radius 2 is 1.82 bits per heavy atom. The summed E-state index contributed by atoms with van der Waals surface area (Å²) in [6.07, 6.45) is -4.62. The van der Waals surface area contributed by atoms with Crippen LogP contribution in [0.2, 0.25) is 5.22 Å². The van der Waals surface area contributed by atoms with Gasteiger partial charge in [-0.25, -0.2) is 4.39 Å². The molecule has 0 unspecified atom stereocenters. The minimum Gasteiger partial charge on any atom is -0.344 e. The maximum atomic E-state index is 13.1. The first kappa shape index (κ1) is 11.9. The SMILES string of the molecule is Fc1cc(-c2cc(Cl)on2)cc(C(F)(F)F)c1. The van der Waals surface area contributed by atoms with Gasteiger partial charge in [-0.15, -0.1) is 0 Å². The third kappa shape index (κ3) is 2.58. The molecule has 90 valence electrons. The molecule has 7 heteroatoms. The van der Waals surface area contributed by atoms with E-state index in [0.717, 1.165) is 12.1 Å². The summed E-state index contributed by atoms with van der Waals surface area (Å²) in [7, 11) is 0. The Kier molecular flexibility index (Phi) is 2.82. The Balaban J connectivity index is 2.52. The van der Waals surface area contributed by atoms with Crippen molar-refractivity contribution in [1.29, 1.82) is 0 Å². The molecule has 2 rings (SSSR count). The van der Waals surface area contributed by atoms with Crippen LogP contribution in [0.4, 0.5) is 17.6 Å². The molecule has 0 spiro atoms. The van der Waals surface area contributed by atoms with Crippen molar-refractivity contribution < 1.29 is 22.1 Å². The number of alkyl halides is 3. The van der Waals surface area contributed by atoms with Crippen LogP contribution in [0.25, 0.3) is 11.3 Å². The molecule has 17 heavy (non-hydrogen) atoms. The zero-order chi connectivity index (χ0) is 12.6. The zero-order valence-corrected chi connectivity index (χ0v) is 8.81. The number of nitrogens with zero attached hydrogens (tertiary/aromatic N) is 1. The third-order valence-electron chi connectivity index (χ3n) is 2.00. The molecule has 0 radical (unpaired) electrons. The molecule has 1 aromatic carbocycles. The first-order chi connectivity index (χ1) is 7.86. The second-order valence-corrected chi connectivity index (χ2v) is 3.62. The van der Waals surface area contributed by atoms with Gasteiger partial charge >= 0.3 is 6.18 Å². The molecule has 0 N–H and O–H groups in total. The predicted octanol–water partition coefficient (Wildman–Crippen LogP) is 4.15. The van der Waals surface area contributed by atoms with E-state index in [1.54, 1.807) is 0 Å². The molecule has 0 aliphatic heterocycles. The van der Waals surface area contributed by atoms with Crippen molar-refractivity contribution in [2.45, 2.75) is 6.18 Å². The van der Waals surface area contributed by atoms with Crippen molar-refractivity contribution >= 4 is 11.6 Å². The van der Waals surface area contributed by atoms with Crippen LogP contribution in [0.5, 0.6) is 0 Å². The molecule has 1 heterocycles. The van der Waals surface area contributed by atoms with Gasteiger partial charge in [0.05, 0.1) is 5.56 Å². The first-order valence-corrected chi connectivity index (χ1v) is 4.74. The van der Waals surface area contributed by atoms with Crippen LogP contribution in [0.3, 0.4) is 0 Å². The quantitative estimate of drug-likeness (QED) is 0.724. The van der Waals surface area contributed by atoms with E-state index >= 15 is 0 Å². The van der Waals surface area contributed by atoms with E-state index in [-0.39, 0.29) is 16.5 Å². The summed E-state index contributed by atoms with van der Waals surface area (Å²) in [5.41, 5.74) is -1.10. The van der Waals surface area contributed by atoms with E-state index in [9.17, 15) is 17.6 Å². The summed E-state index contributed by atoms with van der Waals surface area (Å²) in [5.74, 6) is -1.01. The van der Waals surface area contributed by atoms with E-state index < -0.39 is 17.6 Å². The molecule has 2 aromatic rings. The molecule has 0 saturated heterocycles. The molecule has 0 saturated carbocycles. The number of hydrogen-bond acceptors (Lipinski definition) is 2. The Labute approximate surface area is 97.8 Å². The number of hydrogen-bond donors (Lipinski definition) is 0. The Morgan fingerprint density at radius 3 is 2.35 bits per heavy atom. The predicted molar refractivity (Wildman–Crippen MR) is 51.9 cm³/mol. The van der Waals surface area contributed by atoms with Crippen LogP contribution in [0, 0.1) is 5.82 Å². The molecular formula is C10H4ClF4NO. The van der Waals surface area contributed by atoms with Crippen molar-refractivity contribution in [3.63, 3.8) is 0 Å². The van der Waals surface area contributed by atoms with Gasteiger partial charge in [0.15, 0.2) is 0 Å². The zero-order valence-electron chi connectivity index (χ0n) is 8.05. The molecule has 0 amide bonds. The van der Waals surface area contributed by atoms with Crippen molar-refractivity contribution in [3.05, 3.63) is 40.9 Å². The van der Waals surface area contributed by atoms with Gasteiger partial charge in [-0.2, -0.15) is 13.2 Å². The third-order valence-corrected chi connectivity index (χ3v) is 2.18. The molecule has 0 atom stereocenters. The van der Waals surface area contributed by atoms with Crippen LogP contribution in [-0.4, -0.2) is 5.16 Å². The normalized spacial score (nSPS) is 11.8. The molecule has 0 fully saturated rings. The highest BCUT2D eigenvalue weighted by atomic mass is 35.5. The summed E-state index contributed by atoms with van der Waals surface area (Å²) < 4.78 is 54.9. The second-order valence-electron chi connectivity index (χ2n) is 3.24. The van der Waals surface area contributed by atoms with Crippen LogP contribution in [-0.2, 0) is 6.18 Å². The standard InChI is InChI=1S/C10H4ClF4NO/c11-9-4-8(16-17-9)5-1-6(10(13,14)15)3-7(12)2-5/h1-4H. The number of benzene rings is 1. The van der Waals surface area contributed by atoms with Crippen LogP contribution in [0.15, 0.2) is 28.8 Å².